The van der Waals surface area contributed by atoms with Crippen molar-refractivity contribution < 1.29 is 14.7 Å². The van der Waals surface area contributed by atoms with E-state index >= 15 is 0 Å². The largest absolute Gasteiger partial charge is 0.478 e. The molecule has 0 unspecified atom stereocenters. The van der Waals surface area contributed by atoms with Gasteiger partial charge in [-0.15, -0.1) is 0 Å². The van der Waals surface area contributed by atoms with Gasteiger partial charge in [-0.2, -0.15) is 0 Å². The minimum atomic E-state index is -0.994. The Bertz CT molecular complexity index is 554. The van der Waals surface area contributed by atoms with Gasteiger partial charge < -0.3 is 9.94 Å². The molecule has 0 amide bonds. The molecule has 0 aliphatic carbocycles. The minimum absolute atomic E-state index is 0.172. The molecule has 2 aromatic carbocycles. The molecule has 0 fully saturated rings. The van der Waals surface area contributed by atoms with Crippen molar-refractivity contribution in [3.8, 4) is 5.75 Å². The zero-order chi connectivity index (χ0) is 13.0. The maximum atomic E-state index is 10.8. The van der Waals surface area contributed by atoms with Crippen molar-refractivity contribution in [3.63, 3.8) is 0 Å². The number of aromatic carboxylic acids is 1. The lowest BCUT2D eigenvalue weighted by Gasteiger charge is -2.08. The van der Waals surface area contributed by atoms with Crippen LogP contribution in [0, 0.1) is 0 Å². The Morgan fingerprint density at radius 2 is 1.89 bits per heavy atom. The molecule has 0 radical (unpaired) electrons. The van der Waals surface area contributed by atoms with Gasteiger partial charge >= 0.3 is 5.97 Å². The van der Waals surface area contributed by atoms with Crippen molar-refractivity contribution in [3.05, 3.63) is 59.1 Å². The van der Waals surface area contributed by atoms with E-state index in [-0.39, 0.29) is 5.56 Å². The van der Waals surface area contributed by atoms with Gasteiger partial charge in [-0.3, -0.25) is 0 Å². The third-order valence-electron chi connectivity index (χ3n) is 2.21. The second-order valence-corrected chi connectivity index (χ2v) is 3.98. The summed E-state index contributed by atoms with van der Waals surface area (Å²) in [5, 5.41) is 9.47. The average molecular weight is 264 g/mol. The highest BCUT2D eigenvalue weighted by atomic mass is 35.5. The fourth-order valence-corrected chi connectivity index (χ4v) is 1.45. The van der Waals surface area contributed by atoms with Crippen LogP contribution in [0.15, 0.2) is 48.5 Å². The summed E-state index contributed by atoms with van der Waals surface area (Å²) in [7, 11) is 0. The van der Waals surface area contributed by atoms with E-state index in [1.54, 1.807) is 36.4 Å². The number of nitrogens with one attached hydrogen (secondary N) is 1. The Balaban J connectivity index is 2.04. The second-order valence-electron chi connectivity index (χ2n) is 3.54. The summed E-state index contributed by atoms with van der Waals surface area (Å²) in [5.41, 5.74) is 3.60. The standard InChI is InChI=1S/C13H10ClNO3/c14-10-4-6-11(7-5-10)15-18-12-3-1-2-9(8-12)13(16)17/h1-8,15H,(H,16,17). The van der Waals surface area contributed by atoms with Gasteiger partial charge in [0, 0.05) is 5.02 Å². The van der Waals surface area contributed by atoms with Crippen molar-refractivity contribution in [1.29, 1.82) is 0 Å². The molecule has 0 saturated heterocycles. The molecule has 92 valence electrons. The van der Waals surface area contributed by atoms with Crippen LogP contribution in [-0.4, -0.2) is 11.1 Å². The van der Waals surface area contributed by atoms with Gasteiger partial charge in [0.25, 0.3) is 0 Å². The van der Waals surface area contributed by atoms with Crippen molar-refractivity contribution >= 4 is 23.3 Å². The highest BCUT2D eigenvalue weighted by Crippen LogP contribution is 2.16. The van der Waals surface area contributed by atoms with Crippen molar-refractivity contribution in [2.24, 2.45) is 0 Å². The van der Waals surface area contributed by atoms with E-state index in [1.807, 2.05) is 0 Å². The molecule has 0 spiro atoms. The van der Waals surface area contributed by atoms with Crippen LogP contribution in [0.2, 0.25) is 5.02 Å². The lowest BCUT2D eigenvalue weighted by Crippen LogP contribution is -2.05. The summed E-state index contributed by atoms with van der Waals surface area (Å²) in [4.78, 5) is 16.0. The van der Waals surface area contributed by atoms with Crippen molar-refractivity contribution in [2.75, 3.05) is 5.48 Å². The first-order chi connectivity index (χ1) is 8.65. The number of carboxylic acids is 1. The molecule has 0 aliphatic heterocycles. The van der Waals surface area contributed by atoms with E-state index < -0.39 is 5.97 Å². The van der Waals surface area contributed by atoms with Crippen LogP contribution in [-0.2, 0) is 0 Å². The fraction of sp³-hybridized carbons (Fsp3) is 0. The number of halogens is 1. The van der Waals surface area contributed by atoms with E-state index in [0.29, 0.717) is 10.8 Å². The molecule has 4 nitrogen and oxygen atoms in total. The summed E-state index contributed by atoms with van der Waals surface area (Å²) in [5.74, 6) is -0.572. The summed E-state index contributed by atoms with van der Waals surface area (Å²) in [6, 6.07) is 13.2. The van der Waals surface area contributed by atoms with Gasteiger partial charge in [0.05, 0.1) is 11.3 Å². The molecule has 0 saturated carbocycles. The molecule has 0 aromatic heterocycles. The maximum Gasteiger partial charge on any atom is 0.335 e. The van der Waals surface area contributed by atoms with Gasteiger partial charge in [0.2, 0.25) is 0 Å². The van der Waals surface area contributed by atoms with Crippen LogP contribution in [0.25, 0.3) is 0 Å². The van der Waals surface area contributed by atoms with Crippen molar-refractivity contribution in [2.45, 2.75) is 0 Å². The Hall–Kier alpha value is -2.20. The normalized spacial score (nSPS) is 9.83. The molecule has 0 bridgehead atoms. The van der Waals surface area contributed by atoms with Gasteiger partial charge in [0.1, 0.15) is 0 Å². The highest BCUT2D eigenvalue weighted by Gasteiger charge is 2.03. The number of benzene rings is 2. The molecule has 18 heavy (non-hydrogen) atoms. The molecule has 2 N–H and O–H groups in total. The monoisotopic (exact) mass is 263 g/mol. The van der Waals surface area contributed by atoms with Gasteiger partial charge in [-0.05, 0) is 42.5 Å². The predicted molar refractivity (Wildman–Crippen MR) is 69.1 cm³/mol. The van der Waals surface area contributed by atoms with Gasteiger partial charge in [-0.25, -0.2) is 10.3 Å². The van der Waals surface area contributed by atoms with Gasteiger partial charge in [-0.1, -0.05) is 17.7 Å². The first kappa shape index (κ1) is 12.3. The first-order valence-corrected chi connectivity index (χ1v) is 5.55. The topological polar surface area (TPSA) is 58.6 Å². The third-order valence-corrected chi connectivity index (χ3v) is 2.46. The zero-order valence-corrected chi connectivity index (χ0v) is 10.0. The summed E-state index contributed by atoms with van der Waals surface area (Å²) in [6.45, 7) is 0. The van der Waals surface area contributed by atoms with E-state index in [4.69, 9.17) is 21.5 Å². The van der Waals surface area contributed by atoms with Crippen LogP contribution in [0.3, 0.4) is 0 Å². The van der Waals surface area contributed by atoms with Crippen LogP contribution in [0.4, 0.5) is 5.69 Å². The Morgan fingerprint density at radius 3 is 2.56 bits per heavy atom. The minimum Gasteiger partial charge on any atom is -0.478 e. The Morgan fingerprint density at radius 1 is 1.17 bits per heavy atom. The molecule has 0 atom stereocenters. The van der Waals surface area contributed by atoms with Gasteiger partial charge in [0.15, 0.2) is 5.75 Å². The smallest absolute Gasteiger partial charge is 0.335 e. The number of hydrogen-bond donors (Lipinski definition) is 2. The molecule has 5 heteroatoms. The molecular weight excluding hydrogens is 254 g/mol. The Labute approximate surface area is 109 Å². The highest BCUT2D eigenvalue weighted by molar-refractivity contribution is 6.30. The number of carboxylic acid groups (broad SMARTS) is 1. The summed E-state index contributed by atoms with van der Waals surface area (Å²) < 4.78 is 0. The van der Waals surface area contributed by atoms with Crippen LogP contribution < -0.4 is 10.3 Å². The van der Waals surface area contributed by atoms with E-state index in [1.165, 1.54) is 12.1 Å². The quantitative estimate of drug-likeness (QED) is 0.830. The lowest BCUT2D eigenvalue weighted by atomic mass is 10.2. The van der Waals surface area contributed by atoms with E-state index in [9.17, 15) is 4.79 Å². The molecule has 0 aliphatic rings. The first-order valence-electron chi connectivity index (χ1n) is 5.17. The second kappa shape index (κ2) is 5.42. The molecule has 2 aromatic rings. The van der Waals surface area contributed by atoms with Crippen molar-refractivity contribution in [1.82, 2.24) is 0 Å². The number of hydrogen-bond acceptors (Lipinski definition) is 3. The summed E-state index contributed by atoms with van der Waals surface area (Å²) in [6.07, 6.45) is 0. The van der Waals surface area contributed by atoms with E-state index in [2.05, 4.69) is 5.48 Å². The third kappa shape index (κ3) is 3.15. The molecule has 2 rings (SSSR count). The number of anilines is 1. The summed E-state index contributed by atoms with van der Waals surface area (Å²) >= 11 is 5.75. The number of rotatable bonds is 4. The fourth-order valence-electron chi connectivity index (χ4n) is 1.33. The maximum absolute atomic E-state index is 10.8. The van der Waals surface area contributed by atoms with E-state index in [0.717, 1.165) is 5.69 Å². The van der Waals surface area contributed by atoms with Crippen LogP contribution >= 0.6 is 11.6 Å². The Kier molecular flexibility index (Phi) is 3.69. The SMILES string of the molecule is O=C(O)c1cccc(ONc2ccc(Cl)cc2)c1. The zero-order valence-electron chi connectivity index (χ0n) is 9.26. The predicted octanol–water partition coefficient (Wildman–Crippen LogP) is 3.44. The lowest BCUT2D eigenvalue weighted by molar-refractivity contribution is 0.0696. The van der Waals surface area contributed by atoms with Crippen LogP contribution in [0.1, 0.15) is 10.4 Å². The number of carbonyl (C=O) groups is 1. The molecule has 0 heterocycles. The molecular formula is C13H10ClNO3. The average Bonchev–Trinajstić information content (AvgIpc) is 2.38. The van der Waals surface area contributed by atoms with Crippen LogP contribution in [0.5, 0.6) is 5.75 Å².